The van der Waals surface area contributed by atoms with Gasteiger partial charge in [-0.05, 0) is 19.1 Å². The van der Waals surface area contributed by atoms with Gasteiger partial charge in [0.05, 0.1) is 23.4 Å². The first kappa shape index (κ1) is 10.6. The van der Waals surface area contributed by atoms with Crippen molar-refractivity contribution in [1.29, 1.82) is 0 Å². The summed E-state index contributed by atoms with van der Waals surface area (Å²) in [6.07, 6.45) is 0.618. The molecule has 0 saturated heterocycles. The number of pyridine rings is 1. The van der Waals surface area contributed by atoms with Crippen molar-refractivity contribution in [3.05, 3.63) is 29.6 Å². The lowest BCUT2D eigenvalue weighted by atomic mass is 10.0. The zero-order valence-electron chi connectivity index (χ0n) is 7.71. The van der Waals surface area contributed by atoms with Crippen LogP contribution in [0.5, 0.6) is 0 Å². The Morgan fingerprint density at radius 1 is 1.64 bits per heavy atom. The molecule has 0 aliphatic rings. The van der Waals surface area contributed by atoms with Crippen LogP contribution in [0.15, 0.2) is 18.3 Å². The molecule has 0 spiro atoms. The van der Waals surface area contributed by atoms with Crippen LogP contribution in [-0.4, -0.2) is 27.3 Å². The summed E-state index contributed by atoms with van der Waals surface area (Å²) in [5.41, 5.74) is 5.83. The molecule has 0 aromatic carbocycles. The predicted molar refractivity (Wildman–Crippen MR) is 49.8 cm³/mol. The molecule has 0 aliphatic heterocycles. The number of hydrogen-bond acceptors (Lipinski definition) is 4. The van der Waals surface area contributed by atoms with Crippen molar-refractivity contribution >= 4 is 5.97 Å². The maximum atomic E-state index is 10.8. The molecule has 2 atom stereocenters. The van der Waals surface area contributed by atoms with Crippen molar-refractivity contribution < 1.29 is 15.0 Å². The number of hydrogen-bond donors (Lipinski definition) is 3. The second-order valence-corrected chi connectivity index (χ2v) is 3.01. The first-order valence-corrected chi connectivity index (χ1v) is 4.16. The number of aromatic carboxylic acids is 1. The minimum absolute atomic E-state index is 0.0286. The number of nitrogens with two attached hydrogens (primary N) is 1. The summed E-state index contributed by atoms with van der Waals surface area (Å²) in [6, 6.07) is 2.15. The first-order chi connectivity index (χ1) is 6.54. The molecule has 76 valence electrons. The van der Waals surface area contributed by atoms with Crippen molar-refractivity contribution in [3.63, 3.8) is 0 Å². The highest BCUT2D eigenvalue weighted by molar-refractivity contribution is 5.88. The lowest BCUT2D eigenvalue weighted by molar-refractivity contribution is 0.0692. The van der Waals surface area contributed by atoms with Crippen molar-refractivity contribution in [3.8, 4) is 0 Å². The maximum Gasteiger partial charge on any atom is 0.337 e. The minimum atomic E-state index is -1.09. The minimum Gasteiger partial charge on any atom is -0.478 e. The predicted octanol–water partition coefficient (Wildman–Crippen LogP) is 0.160. The molecule has 5 heteroatoms. The van der Waals surface area contributed by atoms with E-state index in [9.17, 15) is 9.90 Å². The lowest BCUT2D eigenvalue weighted by Gasteiger charge is -2.15. The van der Waals surface area contributed by atoms with Gasteiger partial charge in [-0.1, -0.05) is 0 Å². The molecule has 1 rings (SSSR count). The lowest BCUT2D eigenvalue weighted by Crippen LogP contribution is -2.26. The smallest absolute Gasteiger partial charge is 0.337 e. The Morgan fingerprint density at radius 2 is 2.29 bits per heavy atom. The summed E-state index contributed by atoms with van der Waals surface area (Å²) in [7, 11) is 0. The standard InChI is InChI=1S/C9H12N2O3/c1-5(12)7(10)8-6(9(13)14)3-2-4-11-8/h2-5,7,12H,10H2,1H3,(H,13,14)/t5-,7+/m0/s1. The summed E-state index contributed by atoms with van der Waals surface area (Å²) in [5.74, 6) is -1.09. The van der Waals surface area contributed by atoms with E-state index in [0.29, 0.717) is 0 Å². The molecule has 5 nitrogen and oxygen atoms in total. The van der Waals surface area contributed by atoms with Crippen molar-refractivity contribution in [2.24, 2.45) is 5.73 Å². The van der Waals surface area contributed by atoms with Gasteiger partial charge in [0.1, 0.15) is 0 Å². The van der Waals surface area contributed by atoms with Crippen molar-refractivity contribution in [2.75, 3.05) is 0 Å². The van der Waals surface area contributed by atoms with Gasteiger partial charge in [0.15, 0.2) is 0 Å². The van der Waals surface area contributed by atoms with E-state index in [0.717, 1.165) is 0 Å². The van der Waals surface area contributed by atoms with Crippen molar-refractivity contribution in [1.82, 2.24) is 4.98 Å². The Bertz CT molecular complexity index is 339. The van der Waals surface area contributed by atoms with Crippen LogP contribution in [0.1, 0.15) is 29.0 Å². The van der Waals surface area contributed by atoms with E-state index < -0.39 is 18.1 Å². The Hall–Kier alpha value is -1.46. The van der Waals surface area contributed by atoms with E-state index in [1.165, 1.54) is 25.3 Å². The first-order valence-electron chi connectivity index (χ1n) is 4.16. The molecule has 1 aromatic heterocycles. The number of rotatable bonds is 3. The number of aromatic nitrogens is 1. The largest absolute Gasteiger partial charge is 0.478 e. The summed E-state index contributed by atoms with van der Waals surface area (Å²) < 4.78 is 0. The van der Waals surface area contributed by atoms with E-state index in [4.69, 9.17) is 10.8 Å². The number of nitrogens with zero attached hydrogens (tertiary/aromatic N) is 1. The highest BCUT2D eigenvalue weighted by Crippen LogP contribution is 2.16. The topological polar surface area (TPSA) is 96.4 Å². The van der Waals surface area contributed by atoms with Gasteiger partial charge in [0, 0.05) is 6.20 Å². The van der Waals surface area contributed by atoms with E-state index >= 15 is 0 Å². The average Bonchev–Trinajstić information content (AvgIpc) is 2.16. The highest BCUT2D eigenvalue weighted by Gasteiger charge is 2.20. The fraction of sp³-hybridized carbons (Fsp3) is 0.333. The molecule has 1 aromatic rings. The van der Waals surface area contributed by atoms with Gasteiger partial charge in [-0.3, -0.25) is 4.98 Å². The molecule has 1 heterocycles. The summed E-state index contributed by atoms with van der Waals surface area (Å²) >= 11 is 0. The normalized spacial score (nSPS) is 14.8. The van der Waals surface area contributed by atoms with Crippen molar-refractivity contribution in [2.45, 2.75) is 19.1 Å². The van der Waals surface area contributed by atoms with Gasteiger partial charge < -0.3 is 15.9 Å². The van der Waals surface area contributed by atoms with E-state index in [-0.39, 0.29) is 11.3 Å². The SMILES string of the molecule is C[C@H](O)[C@@H](N)c1ncccc1C(=O)O. The van der Waals surface area contributed by atoms with E-state index in [1.807, 2.05) is 0 Å². The van der Waals surface area contributed by atoms with Crippen LogP contribution >= 0.6 is 0 Å². The third kappa shape index (κ3) is 2.07. The third-order valence-corrected chi connectivity index (χ3v) is 1.90. The second kappa shape index (κ2) is 4.17. The van der Waals surface area contributed by atoms with Crippen LogP contribution in [0, 0.1) is 0 Å². The van der Waals surface area contributed by atoms with Gasteiger partial charge in [-0.25, -0.2) is 4.79 Å². The molecule has 4 N–H and O–H groups in total. The van der Waals surface area contributed by atoms with Crippen LogP contribution < -0.4 is 5.73 Å². The molecule has 0 unspecified atom stereocenters. The zero-order chi connectivity index (χ0) is 10.7. The molecular formula is C9H12N2O3. The van der Waals surface area contributed by atoms with Gasteiger partial charge in [-0.2, -0.15) is 0 Å². The summed E-state index contributed by atoms with van der Waals surface area (Å²) in [6.45, 7) is 1.49. The third-order valence-electron chi connectivity index (χ3n) is 1.90. The maximum absolute atomic E-state index is 10.8. The van der Waals surface area contributed by atoms with E-state index in [2.05, 4.69) is 4.98 Å². The average molecular weight is 196 g/mol. The zero-order valence-corrected chi connectivity index (χ0v) is 7.71. The molecule has 0 radical (unpaired) electrons. The number of carbonyl (C=O) groups is 1. The number of aliphatic hydroxyl groups is 1. The second-order valence-electron chi connectivity index (χ2n) is 3.01. The van der Waals surface area contributed by atoms with Crippen LogP contribution in [0.25, 0.3) is 0 Å². The molecule has 0 saturated carbocycles. The fourth-order valence-electron chi connectivity index (χ4n) is 1.09. The fourth-order valence-corrected chi connectivity index (χ4v) is 1.09. The summed E-state index contributed by atoms with van der Waals surface area (Å²) in [5, 5.41) is 18.0. The van der Waals surface area contributed by atoms with E-state index in [1.54, 1.807) is 0 Å². The van der Waals surface area contributed by atoms with Crippen LogP contribution in [0.3, 0.4) is 0 Å². The Balaban J connectivity index is 3.13. The van der Waals surface area contributed by atoms with Crippen LogP contribution in [-0.2, 0) is 0 Å². The molecule has 0 aliphatic carbocycles. The summed E-state index contributed by atoms with van der Waals surface area (Å²) in [4.78, 5) is 14.6. The highest BCUT2D eigenvalue weighted by atomic mass is 16.4. The number of carboxylic acids is 1. The van der Waals surface area contributed by atoms with Crippen LogP contribution in [0.4, 0.5) is 0 Å². The Morgan fingerprint density at radius 3 is 2.79 bits per heavy atom. The van der Waals surface area contributed by atoms with Crippen LogP contribution in [0.2, 0.25) is 0 Å². The molecular weight excluding hydrogens is 184 g/mol. The molecule has 14 heavy (non-hydrogen) atoms. The number of carboxylic acid groups (broad SMARTS) is 1. The molecule has 0 amide bonds. The number of aliphatic hydroxyl groups excluding tert-OH is 1. The molecule has 0 bridgehead atoms. The Kier molecular flexibility index (Phi) is 3.16. The van der Waals surface area contributed by atoms with Gasteiger partial charge >= 0.3 is 5.97 Å². The monoisotopic (exact) mass is 196 g/mol. The van der Waals surface area contributed by atoms with Gasteiger partial charge in [0.25, 0.3) is 0 Å². The van der Waals surface area contributed by atoms with Gasteiger partial charge in [0.2, 0.25) is 0 Å². The van der Waals surface area contributed by atoms with Gasteiger partial charge in [-0.15, -0.1) is 0 Å². The Labute approximate surface area is 81.2 Å². The molecule has 0 fully saturated rings. The quantitative estimate of drug-likeness (QED) is 0.639.